The molecule has 0 bridgehead atoms. The van der Waals surface area contributed by atoms with Gasteiger partial charge in [0.1, 0.15) is 4.88 Å². The van der Waals surface area contributed by atoms with Gasteiger partial charge in [0, 0.05) is 18.0 Å². The molecule has 2 aromatic rings. The van der Waals surface area contributed by atoms with Crippen LogP contribution in [0.2, 0.25) is 0 Å². The summed E-state index contributed by atoms with van der Waals surface area (Å²) in [6.07, 6.45) is 2.09. The summed E-state index contributed by atoms with van der Waals surface area (Å²) in [5, 5.41) is 13.4. The highest BCUT2D eigenvalue weighted by molar-refractivity contribution is 7.13. The molecule has 23 heavy (non-hydrogen) atoms. The number of rotatable bonds is 4. The predicted molar refractivity (Wildman–Crippen MR) is 94.1 cm³/mol. The van der Waals surface area contributed by atoms with E-state index >= 15 is 0 Å². The first-order valence-electron chi connectivity index (χ1n) is 8.07. The van der Waals surface area contributed by atoms with E-state index in [0.717, 1.165) is 39.7 Å². The molecule has 0 aromatic carbocycles. The van der Waals surface area contributed by atoms with Crippen molar-refractivity contribution in [2.75, 3.05) is 13.1 Å². The van der Waals surface area contributed by atoms with Gasteiger partial charge in [-0.25, -0.2) is 4.98 Å². The predicted octanol–water partition coefficient (Wildman–Crippen LogP) is 3.66. The van der Waals surface area contributed by atoms with Crippen LogP contribution in [0.5, 0.6) is 0 Å². The normalized spacial score (nSPS) is 17.4. The molecule has 2 aromatic heterocycles. The molecule has 1 aliphatic rings. The van der Waals surface area contributed by atoms with Crippen LogP contribution in [0, 0.1) is 12.8 Å². The molecule has 0 radical (unpaired) electrons. The van der Waals surface area contributed by atoms with Crippen LogP contribution in [0.15, 0.2) is 17.5 Å². The largest absolute Gasteiger partial charge is 0.387 e. The SMILES string of the molecule is CCc1nc(C)sc1C(=O)N1CCC([C@@H](O)c2cccs2)CC1. The molecule has 1 N–H and O–H groups in total. The van der Waals surface area contributed by atoms with Gasteiger partial charge in [0.25, 0.3) is 5.91 Å². The molecule has 1 atom stereocenters. The molecule has 1 aliphatic heterocycles. The van der Waals surface area contributed by atoms with Crippen LogP contribution in [0.1, 0.15) is 51.1 Å². The number of aliphatic hydroxyl groups is 1. The van der Waals surface area contributed by atoms with Crippen LogP contribution in [-0.4, -0.2) is 34.0 Å². The zero-order valence-corrected chi connectivity index (χ0v) is 15.1. The Balaban J connectivity index is 1.63. The maximum atomic E-state index is 12.7. The number of hydrogen-bond donors (Lipinski definition) is 1. The van der Waals surface area contributed by atoms with Crippen molar-refractivity contribution in [3.8, 4) is 0 Å². The van der Waals surface area contributed by atoms with Gasteiger partial charge in [0.2, 0.25) is 0 Å². The summed E-state index contributed by atoms with van der Waals surface area (Å²) < 4.78 is 0. The number of hydrogen-bond acceptors (Lipinski definition) is 5. The number of carbonyl (C=O) groups excluding carboxylic acids is 1. The molecule has 1 saturated heterocycles. The van der Waals surface area contributed by atoms with Gasteiger partial charge in [-0.3, -0.25) is 4.79 Å². The zero-order chi connectivity index (χ0) is 16.4. The first-order chi connectivity index (χ1) is 11.1. The number of thiophene rings is 1. The molecule has 4 nitrogen and oxygen atoms in total. The van der Waals surface area contributed by atoms with Gasteiger partial charge in [-0.15, -0.1) is 22.7 Å². The van der Waals surface area contributed by atoms with Crippen molar-refractivity contribution in [1.29, 1.82) is 0 Å². The fourth-order valence-corrected chi connectivity index (χ4v) is 4.91. The van der Waals surface area contributed by atoms with Crippen LogP contribution in [0.4, 0.5) is 0 Å². The van der Waals surface area contributed by atoms with E-state index < -0.39 is 6.10 Å². The summed E-state index contributed by atoms with van der Waals surface area (Å²) in [6.45, 7) is 5.41. The molecule has 0 aliphatic carbocycles. The van der Waals surface area contributed by atoms with Gasteiger partial charge < -0.3 is 10.0 Å². The molecular weight excluding hydrogens is 328 g/mol. The summed E-state index contributed by atoms with van der Waals surface area (Å²) in [5.41, 5.74) is 0.915. The first kappa shape index (κ1) is 16.6. The maximum Gasteiger partial charge on any atom is 0.265 e. The third kappa shape index (κ3) is 3.49. The molecule has 0 unspecified atom stereocenters. The van der Waals surface area contributed by atoms with E-state index in [4.69, 9.17) is 0 Å². The van der Waals surface area contributed by atoms with Crippen molar-refractivity contribution in [1.82, 2.24) is 9.88 Å². The Labute approximate surface area is 144 Å². The van der Waals surface area contributed by atoms with E-state index in [0.29, 0.717) is 13.1 Å². The van der Waals surface area contributed by atoms with E-state index in [1.807, 2.05) is 36.3 Å². The molecule has 1 amide bonds. The first-order valence-corrected chi connectivity index (χ1v) is 9.76. The number of amides is 1. The maximum absolute atomic E-state index is 12.7. The monoisotopic (exact) mass is 350 g/mol. The van der Waals surface area contributed by atoms with Gasteiger partial charge in [-0.2, -0.15) is 0 Å². The number of piperidine rings is 1. The Morgan fingerprint density at radius 1 is 1.48 bits per heavy atom. The van der Waals surface area contributed by atoms with Crippen LogP contribution in [0.25, 0.3) is 0 Å². The van der Waals surface area contributed by atoms with Crippen LogP contribution >= 0.6 is 22.7 Å². The number of carbonyl (C=O) groups is 1. The van der Waals surface area contributed by atoms with E-state index in [-0.39, 0.29) is 11.8 Å². The van der Waals surface area contributed by atoms with Crippen molar-refractivity contribution in [2.45, 2.75) is 39.2 Å². The summed E-state index contributed by atoms with van der Waals surface area (Å²) in [6, 6.07) is 3.96. The quantitative estimate of drug-likeness (QED) is 0.915. The Morgan fingerprint density at radius 2 is 2.22 bits per heavy atom. The van der Waals surface area contributed by atoms with Gasteiger partial charge in [0.15, 0.2) is 0 Å². The Morgan fingerprint density at radius 3 is 2.83 bits per heavy atom. The van der Waals surface area contributed by atoms with Crippen molar-refractivity contribution in [3.63, 3.8) is 0 Å². The molecular formula is C17H22N2O2S2. The topological polar surface area (TPSA) is 53.4 Å². The highest BCUT2D eigenvalue weighted by Gasteiger charge is 2.30. The summed E-state index contributed by atoms with van der Waals surface area (Å²) in [5.74, 6) is 0.350. The third-order valence-electron chi connectivity index (χ3n) is 4.44. The highest BCUT2D eigenvalue weighted by Crippen LogP contribution is 2.33. The van der Waals surface area contributed by atoms with E-state index in [1.54, 1.807) is 11.3 Å². The molecule has 124 valence electrons. The summed E-state index contributed by atoms with van der Waals surface area (Å²) in [4.78, 5) is 20.9. The number of thiazole rings is 1. The number of nitrogens with zero attached hydrogens (tertiary/aromatic N) is 2. The van der Waals surface area contributed by atoms with Gasteiger partial charge in [0.05, 0.1) is 16.8 Å². The minimum absolute atomic E-state index is 0.108. The Kier molecular flexibility index (Phi) is 5.14. The molecule has 3 rings (SSSR count). The highest BCUT2D eigenvalue weighted by atomic mass is 32.1. The fourth-order valence-electron chi connectivity index (χ4n) is 3.13. The third-order valence-corrected chi connectivity index (χ3v) is 6.39. The fraction of sp³-hybridized carbons (Fsp3) is 0.529. The Hall–Kier alpha value is -1.24. The minimum Gasteiger partial charge on any atom is -0.387 e. The molecule has 3 heterocycles. The summed E-state index contributed by atoms with van der Waals surface area (Å²) >= 11 is 3.09. The molecule has 1 fully saturated rings. The number of aromatic nitrogens is 1. The smallest absolute Gasteiger partial charge is 0.265 e. The number of likely N-dealkylation sites (tertiary alicyclic amines) is 1. The van der Waals surface area contributed by atoms with Gasteiger partial charge >= 0.3 is 0 Å². The average Bonchev–Trinajstić information content (AvgIpc) is 3.23. The second-order valence-electron chi connectivity index (χ2n) is 5.95. The average molecular weight is 351 g/mol. The molecule has 6 heteroatoms. The van der Waals surface area contributed by atoms with E-state index in [1.165, 1.54) is 11.3 Å². The lowest BCUT2D eigenvalue weighted by Crippen LogP contribution is -2.39. The van der Waals surface area contributed by atoms with Gasteiger partial charge in [-0.05, 0) is 43.6 Å². The summed E-state index contributed by atoms with van der Waals surface area (Å²) in [7, 11) is 0. The lowest BCUT2D eigenvalue weighted by Gasteiger charge is -2.33. The van der Waals surface area contributed by atoms with Crippen molar-refractivity contribution in [2.24, 2.45) is 5.92 Å². The van der Waals surface area contributed by atoms with Gasteiger partial charge in [-0.1, -0.05) is 13.0 Å². The second-order valence-corrected chi connectivity index (χ2v) is 8.13. The lowest BCUT2D eigenvalue weighted by atomic mass is 9.90. The van der Waals surface area contributed by atoms with E-state index in [9.17, 15) is 9.90 Å². The zero-order valence-electron chi connectivity index (χ0n) is 13.5. The van der Waals surface area contributed by atoms with Crippen molar-refractivity contribution in [3.05, 3.63) is 38.0 Å². The number of aliphatic hydroxyl groups excluding tert-OH is 1. The lowest BCUT2D eigenvalue weighted by molar-refractivity contribution is 0.0476. The Bertz CT molecular complexity index is 658. The van der Waals surface area contributed by atoms with E-state index in [2.05, 4.69) is 4.98 Å². The van der Waals surface area contributed by atoms with Crippen LogP contribution < -0.4 is 0 Å². The van der Waals surface area contributed by atoms with Crippen molar-refractivity contribution < 1.29 is 9.90 Å². The van der Waals surface area contributed by atoms with Crippen molar-refractivity contribution >= 4 is 28.6 Å². The molecule has 0 spiro atoms. The standard InChI is InChI=1S/C17H22N2O2S2/c1-3-13-16(23-11(2)18-13)17(21)19-8-6-12(7-9-19)15(20)14-5-4-10-22-14/h4-5,10,12,15,20H,3,6-9H2,1-2H3/t15-/m1/s1. The molecule has 0 saturated carbocycles. The van der Waals surface area contributed by atoms with Crippen LogP contribution in [-0.2, 0) is 6.42 Å². The minimum atomic E-state index is -0.399. The number of aryl methyl sites for hydroxylation is 2. The second kappa shape index (κ2) is 7.11. The van der Waals surface area contributed by atoms with Crippen LogP contribution in [0.3, 0.4) is 0 Å².